The molecular formula is C16H18N2O3S. The summed E-state index contributed by atoms with van der Waals surface area (Å²) in [6.07, 6.45) is 2.61. The zero-order chi connectivity index (χ0) is 14.8. The predicted molar refractivity (Wildman–Crippen MR) is 86.0 cm³/mol. The molecule has 0 saturated carbocycles. The smallest absolute Gasteiger partial charge is 0.183 e. The van der Waals surface area contributed by atoms with E-state index in [1.807, 2.05) is 18.2 Å². The summed E-state index contributed by atoms with van der Waals surface area (Å²) < 4.78 is 16.8. The highest BCUT2D eigenvalue weighted by Gasteiger charge is 2.16. The van der Waals surface area contributed by atoms with Crippen LogP contribution in [0.5, 0.6) is 11.5 Å². The molecule has 116 valence electrons. The lowest BCUT2D eigenvalue weighted by Crippen LogP contribution is -2.18. The van der Waals surface area contributed by atoms with Gasteiger partial charge in [-0.15, -0.1) is 11.3 Å². The van der Waals surface area contributed by atoms with Crippen LogP contribution < -0.4 is 14.8 Å². The molecule has 6 heteroatoms. The minimum Gasteiger partial charge on any atom is -0.486 e. The highest BCUT2D eigenvalue weighted by atomic mass is 32.1. The molecule has 0 unspecified atom stereocenters. The Kier molecular flexibility index (Phi) is 3.86. The summed E-state index contributed by atoms with van der Waals surface area (Å²) in [7, 11) is 0. The number of ether oxygens (including phenoxy) is 3. The summed E-state index contributed by atoms with van der Waals surface area (Å²) in [5, 5.41) is 6.36. The van der Waals surface area contributed by atoms with Gasteiger partial charge in [-0.25, -0.2) is 4.98 Å². The third kappa shape index (κ3) is 2.89. The van der Waals surface area contributed by atoms with Crippen LogP contribution in [0.2, 0.25) is 0 Å². The normalized spacial score (nSPS) is 20.1. The van der Waals surface area contributed by atoms with E-state index in [-0.39, 0.29) is 0 Å². The molecule has 1 saturated heterocycles. The van der Waals surface area contributed by atoms with Gasteiger partial charge in [0.1, 0.15) is 13.2 Å². The van der Waals surface area contributed by atoms with Gasteiger partial charge in [0.05, 0.1) is 11.8 Å². The van der Waals surface area contributed by atoms with Gasteiger partial charge in [-0.05, 0) is 31.0 Å². The molecule has 4 rings (SSSR count). The number of hydrogen-bond acceptors (Lipinski definition) is 6. The van der Waals surface area contributed by atoms with E-state index in [2.05, 4.69) is 15.7 Å². The van der Waals surface area contributed by atoms with Crippen LogP contribution in [0.25, 0.3) is 11.3 Å². The van der Waals surface area contributed by atoms with Crippen molar-refractivity contribution in [2.45, 2.75) is 18.9 Å². The first-order chi connectivity index (χ1) is 10.9. The van der Waals surface area contributed by atoms with Gasteiger partial charge >= 0.3 is 0 Å². The summed E-state index contributed by atoms with van der Waals surface area (Å²) in [6.45, 7) is 2.92. The number of fused-ring (bicyclic) bond motifs is 1. The van der Waals surface area contributed by atoms with Crippen LogP contribution >= 0.6 is 11.3 Å². The Hall–Kier alpha value is -1.79. The maximum Gasteiger partial charge on any atom is 0.183 e. The van der Waals surface area contributed by atoms with Crippen molar-refractivity contribution >= 4 is 16.5 Å². The van der Waals surface area contributed by atoms with Gasteiger partial charge in [-0.1, -0.05) is 0 Å². The highest BCUT2D eigenvalue weighted by Crippen LogP contribution is 2.35. The van der Waals surface area contributed by atoms with E-state index in [9.17, 15) is 0 Å². The van der Waals surface area contributed by atoms with Crippen molar-refractivity contribution in [2.24, 2.45) is 0 Å². The first kappa shape index (κ1) is 13.8. The van der Waals surface area contributed by atoms with Crippen molar-refractivity contribution in [1.29, 1.82) is 0 Å². The van der Waals surface area contributed by atoms with Crippen LogP contribution in [-0.2, 0) is 4.74 Å². The van der Waals surface area contributed by atoms with Crippen LogP contribution in [-0.4, -0.2) is 37.5 Å². The Balaban J connectivity index is 1.46. The number of benzene rings is 1. The van der Waals surface area contributed by atoms with E-state index in [0.29, 0.717) is 19.3 Å². The Labute approximate surface area is 133 Å². The molecule has 2 aromatic rings. The van der Waals surface area contributed by atoms with Gasteiger partial charge in [0, 0.05) is 24.1 Å². The van der Waals surface area contributed by atoms with Gasteiger partial charge < -0.3 is 19.5 Å². The summed E-state index contributed by atoms with van der Waals surface area (Å²) >= 11 is 1.62. The van der Waals surface area contributed by atoms with Crippen LogP contribution in [0.3, 0.4) is 0 Å². The average Bonchev–Trinajstić information content (AvgIpc) is 3.24. The second-order valence-corrected chi connectivity index (χ2v) is 6.27. The van der Waals surface area contributed by atoms with Gasteiger partial charge in [0.2, 0.25) is 0 Å². The van der Waals surface area contributed by atoms with Crippen LogP contribution in [0, 0.1) is 0 Å². The molecule has 2 aliphatic rings. The molecular weight excluding hydrogens is 300 g/mol. The molecule has 0 spiro atoms. The third-order valence-corrected chi connectivity index (χ3v) is 4.65. The van der Waals surface area contributed by atoms with Crippen molar-refractivity contribution in [3.8, 4) is 22.8 Å². The monoisotopic (exact) mass is 318 g/mol. The fraction of sp³-hybridized carbons (Fsp3) is 0.438. The zero-order valence-corrected chi connectivity index (χ0v) is 13.0. The first-order valence-corrected chi connectivity index (χ1v) is 8.47. The number of anilines is 1. The molecule has 1 N–H and O–H groups in total. The van der Waals surface area contributed by atoms with Crippen LogP contribution in [0.1, 0.15) is 12.8 Å². The maximum atomic E-state index is 5.63. The summed E-state index contributed by atoms with van der Waals surface area (Å²) in [5.74, 6) is 1.60. The number of nitrogens with zero attached hydrogens (tertiary/aromatic N) is 1. The summed E-state index contributed by atoms with van der Waals surface area (Å²) in [6, 6.07) is 5.96. The van der Waals surface area contributed by atoms with E-state index < -0.39 is 0 Å². The lowest BCUT2D eigenvalue weighted by atomic mass is 10.1. The fourth-order valence-electron chi connectivity index (χ4n) is 2.70. The van der Waals surface area contributed by atoms with E-state index in [4.69, 9.17) is 14.2 Å². The number of nitrogens with one attached hydrogen (secondary N) is 1. The SMILES string of the molecule is c1cc2c(cc1-c1csc(NC[C@@H]3CCCO3)n1)OCCO2. The number of aromatic nitrogens is 1. The predicted octanol–water partition coefficient (Wildman–Crippen LogP) is 3.17. The topological polar surface area (TPSA) is 52.6 Å². The molecule has 1 aromatic heterocycles. The van der Waals surface area contributed by atoms with Gasteiger partial charge in [-0.2, -0.15) is 0 Å². The molecule has 0 radical (unpaired) electrons. The summed E-state index contributed by atoms with van der Waals surface area (Å²) in [5.41, 5.74) is 2.00. The average molecular weight is 318 g/mol. The van der Waals surface area contributed by atoms with Gasteiger partial charge in [-0.3, -0.25) is 0 Å². The molecule has 22 heavy (non-hydrogen) atoms. The number of hydrogen-bond donors (Lipinski definition) is 1. The van der Waals surface area contributed by atoms with Crippen molar-refractivity contribution in [3.05, 3.63) is 23.6 Å². The Bertz CT molecular complexity index is 653. The minimum atomic E-state index is 0.321. The molecule has 3 heterocycles. The third-order valence-electron chi connectivity index (χ3n) is 3.85. The van der Waals surface area contributed by atoms with E-state index in [1.165, 1.54) is 0 Å². The molecule has 5 nitrogen and oxygen atoms in total. The molecule has 0 amide bonds. The van der Waals surface area contributed by atoms with E-state index in [1.54, 1.807) is 11.3 Å². The van der Waals surface area contributed by atoms with Crippen molar-refractivity contribution in [1.82, 2.24) is 4.98 Å². The standard InChI is InChI=1S/C16H18N2O3S/c1-2-12(19-5-1)9-17-16-18-13(10-22-16)11-3-4-14-15(8-11)21-7-6-20-14/h3-4,8,10,12H,1-2,5-7,9H2,(H,17,18)/t12-/m0/s1. The molecule has 0 aliphatic carbocycles. The van der Waals surface area contributed by atoms with Crippen molar-refractivity contribution in [2.75, 3.05) is 31.7 Å². The first-order valence-electron chi connectivity index (χ1n) is 7.59. The molecule has 1 fully saturated rings. The fourth-order valence-corrected chi connectivity index (χ4v) is 3.43. The second-order valence-electron chi connectivity index (χ2n) is 5.41. The molecule has 2 aliphatic heterocycles. The van der Waals surface area contributed by atoms with E-state index >= 15 is 0 Å². The number of rotatable bonds is 4. The van der Waals surface area contributed by atoms with Crippen LogP contribution in [0.15, 0.2) is 23.6 Å². The second kappa shape index (κ2) is 6.14. The van der Waals surface area contributed by atoms with Gasteiger partial charge in [0.25, 0.3) is 0 Å². The largest absolute Gasteiger partial charge is 0.486 e. The Morgan fingerprint density at radius 1 is 1.18 bits per heavy atom. The molecule has 1 atom stereocenters. The van der Waals surface area contributed by atoms with Gasteiger partial charge in [0.15, 0.2) is 16.6 Å². The Morgan fingerprint density at radius 3 is 2.95 bits per heavy atom. The quantitative estimate of drug-likeness (QED) is 0.938. The highest BCUT2D eigenvalue weighted by molar-refractivity contribution is 7.14. The lowest BCUT2D eigenvalue weighted by molar-refractivity contribution is 0.120. The molecule has 1 aromatic carbocycles. The number of thiazole rings is 1. The van der Waals surface area contributed by atoms with Crippen molar-refractivity contribution < 1.29 is 14.2 Å². The van der Waals surface area contributed by atoms with Crippen molar-refractivity contribution in [3.63, 3.8) is 0 Å². The summed E-state index contributed by atoms with van der Waals surface area (Å²) in [4.78, 5) is 4.65. The van der Waals surface area contributed by atoms with E-state index in [0.717, 1.165) is 53.9 Å². The maximum absolute atomic E-state index is 5.63. The minimum absolute atomic E-state index is 0.321. The Morgan fingerprint density at radius 2 is 2.09 bits per heavy atom. The van der Waals surface area contributed by atoms with Crippen LogP contribution in [0.4, 0.5) is 5.13 Å². The zero-order valence-electron chi connectivity index (χ0n) is 12.2. The molecule has 0 bridgehead atoms. The lowest BCUT2D eigenvalue weighted by Gasteiger charge is -2.18.